The molecule has 1 aromatic heterocycles. The lowest BCUT2D eigenvalue weighted by Crippen LogP contribution is -2.43. The molecule has 0 aliphatic rings. The zero-order valence-electron chi connectivity index (χ0n) is 12.2. The van der Waals surface area contributed by atoms with E-state index in [4.69, 9.17) is 4.74 Å². The van der Waals surface area contributed by atoms with Gasteiger partial charge in [0.1, 0.15) is 0 Å². The molecule has 19 heavy (non-hydrogen) atoms. The molecule has 0 bridgehead atoms. The maximum absolute atomic E-state index is 5.95. The van der Waals surface area contributed by atoms with E-state index in [1.807, 2.05) is 11.3 Å². The van der Waals surface area contributed by atoms with Gasteiger partial charge in [-0.3, -0.25) is 0 Å². The molecular weight excluding hydrogens is 322 g/mol. The Morgan fingerprint density at radius 3 is 2.63 bits per heavy atom. The third-order valence-electron chi connectivity index (χ3n) is 3.10. The molecule has 2 atom stereocenters. The predicted octanol–water partition coefficient (Wildman–Crippen LogP) is 4.63. The van der Waals surface area contributed by atoms with Crippen molar-refractivity contribution in [1.82, 2.24) is 5.32 Å². The summed E-state index contributed by atoms with van der Waals surface area (Å²) in [5.41, 5.74) is 0. The molecule has 0 radical (unpaired) electrons. The molecule has 0 saturated heterocycles. The largest absolute Gasteiger partial charge is 0.377 e. The van der Waals surface area contributed by atoms with Gasteiger partial charge in [-0.15, -0.1) is 11.3 Å². The van der Waals surface area contributed by atoms with Crippen LogP contribution in [0.1, 0.15) is 44.9 Å². The molecule has 1 heterocycles. The van der Waals surface area contributed by atoms with Crippen LogP contribution in [-0.2, 0) is 11.2 Å². The standard InChI is InChI=1S/C15H26BrNOS/c1-4-7-15(18-6-3)14(17-8-5-2)10-13-9-12(16)11-19-13/h9,11,14-15,17H,4-8,10H2,1-3H3. The van der Waals surface area contributed by atoms with Crippen molar-refractivity contribution in [3.8, 4) is 0 Å². The van der Waals surface area contributed by atoms with Gasteiger partial charge in [-0.1, -0.05) is 20.3 Å². The SMILES string of the molecule is CCCNC(Cc1cc(Br)cs1)C(CCC)OCC. The molecule has 110 valence electrons. The molecule has 2 unspecified atom stereocenters. The first-order valence-electron chi connectivity index (χ1n) is 7.29. The van der Waals surface area contributed by atoms with E-state index in [1.165, 1.54) is 15.8 Å². The van der Waals surface area contributed by atoms with Gasteiger partial charge in [-0.05, 0) is 54.7 Å². The Morgan fingerprint density at radius 2 is 2.11 bits per heavy atom. The first-order chi connectivity index (χ1) is 9.21. The van der Waals surface area contributed by atoms with Gasteiger partial charge in [0, 0.05) is 27.4 Å². The number of thiophene rings is 1. The highest BCUT2D eigenvalue weighted by Crippen LogP contribution is 2.23. The second kappa shape index (κ2) is 9.92. The normalized spacial score (nSPS) is 14.5. The van der Waals surface area contributed by atoms with Gasteiger partial charge >= 0.3 is 0 Å². The number of hydrogen-bond donors (Lipinski definition) is 1. The van der Waals surface area contributed by atoms with Crippen molar-refractivity contribution in [2.45, 2.75) is 58.6 Å². The number of halogens is 1. The summed E-state index contributed by atoms with van der Waals surface area (Å²) in [6.45, 7) is 8.38. The molecule has 0 aliphatic heterocycles. The van der Waals surface area contributed by atoms with Crippen LogP contribution in [0.4, 0.5) is 0 Å². The zero-order valence-corrected chi connectivity index (χ0v) is 14.6. The summed E-state index contributed by atoms with van der Waals surface area (Å²) in [5, 5.41) is 5.82. The highest BCUT2D eigenvalue weighted by molar-refractivity contribution is 9.10. The maximum atomic E-state index is 5.95. The minimum Gasteiger partial charge on any atom is -0.377 e. The van der Waals surface area contributed by atoms with Crippen molar-refractivity contribution < 1.29 is 4.74 Å². The van der Waals surface area contributed by atoms with Crippen molar-refractivity contribution in [3.63, 3.8) is 0 Å². The summed E-state index contributed by atoms with van der Waals surface area (Å²) < 4.78 is 7.14. The van der Waals surface area contributed by atoms with E-state index < -0.39 is 0 Å². The first kappa shape index (κ1) is 17.2. The summed E-state index contributed by atoms with van der Waals surface area (Å²) in [6.07, 6.45) is 4.84. The number of ether oxygens (including phenoxy) is 1. The van der Waals surface area contributed by atoms with Crippen LogP contribution in [0, 0.1) is 0 Å². The van der Waals surface area contributed by atoms with E-state index >= 15 is 0 Å². The molecule has 0 aliphatic carbocycles. The first-order valence-corrected chi connectivity index (χ1v) is 8.96. The van der Waals surface area contributed by atoms with E-state index in [0.717, 1.165) is 32.4 Å². The lowest BCUT2D eigenvalue weighted by Gasteiger charge is -2.27. The van der Waals surface area contributed by atoms with E-state index in [0.29, 0.717) is 12.1 Å². The average molecular weight is 348 g/mol. The van der Waals surface area contributed by atoms with E-state index in [2.05, 4.69) is 53.5 Å². The Kier molecular flexibility index (Phi) is 8.95. The van der Waals surface area contributed by atoms with Gasteiger partial charge < -0.3 is 10.1 Å². The summed E-state index contributed by atoms with van der Waals surface area (Å²) in [5.74, 6) is 0. The van der Waals surface area contributed by atoms with Crippen molar-refractivity contribution in [3.05, 3.63) is 20.8 Å². The summed E-state index contributed by atoms with van der Waals surface area (Å²) >= 11 is 5.35. The summed E-state index contributed by atoms with van der Waals surface area (Å²) in [7, 11) is 0. The fraction of sp³-hybridized carbons (Fsp3) is 0.733. The van der Waals surface area contributed by atoms with Crippen LogP contribution in [0.3, 0.4) is 0 Å². The highest BCUT2D eigenvalue weighted by atomic mass is 79.9. The minimum absolute atomic E-state index is 0.322. The van der Waals surface area contributed by atoms with Crippen LogP contribution in [0.25, 0.3) is 0 Å². The van der Waals surface area contributed by atoms with Crippen molar-refractivity contribution in [2.24, 2.45) is 0 Å². The van der Waals surface area contributed by atoms with Gasteiger partial charge in [0.05, 0.1) is 6.10 Å². The van der Waals surface area contributed by atoms with Gasteiger partial charge in [0.2, 0.25) is 0 Å². The monoisotopic (exact) mass is 347 g/mol. The van der Waals surface area contributed by atoms with E-state index in [1.54, 1.807) is 0 Å². The molecule has 0 fully saturated rings. The molecule has 1 N–H and O–H groups in total. The molecule has 1 rings (SSSR count). The Balaban J connectivity index is 2.67. The lowest BCUT2D eigenvalue weighted by molar-refractivity contribution is 0.0284. The van der Waals surface area contributed by atoms with Crippen LogP contribution in [0.5, 0.6) is 0 Å². The number of hydrogen-bond acceptors (Lipinski definition) is 3. The van der Waals surface area contributed by atoms with Crippen LogP contribution < -0.4 is 5.32 Å². The molecule has 0 spiro atoms. The topological polar surface area (TPSA) is 21.3 Å². The number of nitrogens with one attached hydrogen (secondary N) is 1. The Labute approximate surface area is 130 Å². The van der Waals surface area contributed by atoms with E-state index in [9.17, 15) is 0 Å². The molecule has 4 heteroatoms. The smallest absolute Gasteiger partial charge is 0.0731 e. The second-order valence-corrected chi connectivity index (χ2v) is 6.69. The minimum atomic E-state index is 0.322. The van der Waals surface area contributed by atoms with Crippen LogP contribution >= 0.6 is 27.3 Å². The molecule has 1 aromatic rings. The molecular formula is C15H26BrNOS. The fourth-order valence-corrected chi connectivity index (χ4v) is 3.75. The maximum Gasteiger partial charge on any atom is 0.0731 e. The van der Waals surface area contributed by atoms with Crippen LogP contribution in [0.2, 0.25) is 0 Å². The second-order valence-electron chi connectivity index (χ2n) is 4.78. The summed E-state index contributed by atoms with van der Waals surface area (Å²) in [6, 6.07) is 2.64. The third kappa shape index (κ3) is 6.39. The van der Waals surface area contributed by atoms with Crippen molar-refractivity contribution in [1.29, 1.82) is 0 Å². The Bertz CT molecular complexity index is 337. The third-order valence-corrected chi connectivity index (χ3v) is 4.82. The van der Waals surface area contributed by atoms with Crippen molar-refractivity contribution in [2.75, 3.05) is 13.2 Å². The van der Waals surface area contributed by atoms with Gasteiger partial charge in [-0.25, -0.2) is 0 Å². The fourth-order valence-electron chi connectivity index (χ4n) is 2.24. The molecule has 0 amide bonds. The Hall–Kier alpha value is 0.1000. The Morgan fingerprint density at radius 1 is 1.32 bits per heavy atom. The molecule has 0 saturated carbocycles. The van der Waals surface area contributed by atoms with Crippen LogP contribution in [-0.4, -0.2) is 25.3 Å². The van der Waals surface area contributed by atoms with Gasteiger partial charge in [0.15, 0.2) is 0 Å². The predicted molar refractivity (Wildman–Crippen MR) is 88.1 cm³/mol. The summed E-state index contributed by atoms with van der Waals surface area (Å²) in [4.78, 5) is 1.42. The zero-order chi connectivity index (χ0) is 14.1. The van der Waals surface area contributed by atoms with Crippen molar-refractivity contribution >= 4 is 27.3 Å². The van der Waals surface area contributed by atoms with Gasteiger partial charge in [-0.2, -0.15) is 0 Å². The lowest BCUT2D eigenvalue weighted by atomic mass is 10.0. The number of rotatable bonds is 10. The average Bonchev–Trinajstić information content (AvgIpc) is 2.80. The highest BCUT2D eigenvalue weighted by Gasteiger charge is 2.21. The molecule has 2 nitrogen and oxygen atoms in total. The quantitative estimate of drug-likeness (QED) is 0.666. The molecule has 0 aromatic carbocycles. The van der Waals surface area contributed by atoms with E-state index in [-0.39, 0.29) is 0 Å². The van der Waals surface area contributed by atoms with Gasteiger partial charge in [0.25, 0.3) is 0 Å². The van der Waals surface area contributed by atoms with Crippen LogP contribution in [0.15, 0.2) is 15.9 Å².